The summed E-state index contributed by atoms with van der Waals surface area (Å²) in [5.74, 6) is 0.184. The van der Waals surface area contributed by atoms with Crippen LogP contribution in [0.25, 0.3) is 0 Å². The first-order valence-electron chi connectivity index (χ1n) is 8.12. The van der Waals surface area contributed by atoms with E-state index < -0.39 is 4.92 Å². The zero-order chi connectivity index (χ0) is 19.4. The second-order valence-electron chi connectivity index (χ2n) is 5.79. The number of nitro benzene ring substituents is 1. The SMILES string of the molecule is COc1ccccc1C(=O)Nc1nc(C)c(Cc2cccc([N+](=O)[O-])c2)s1. The molecule has 1 heterocycles. The number of carbonyl (C=O) groups is 1. The Morgan fingerprint density at radius 2 is 2.04 bits per heavy atom. The maximum absolute atomic E-state index is 12.5. The van der Waals surface area contributed by atoms with Gasteiger partial charge in [-0.15, -0.1) is 11.3 Å². The lowest BCUT2D eigenvalue weighted by molar-refractivity contribution is -0.384. The summed E-state index contributed by atoms with van der Waals surface area (Å²) in [5, 5.41) is 14.2. The third-order valence-electron chi connectivity index (χ3n) is 3.95. The zero-order valence-electron chi connectivity index (χ0n) is 14.8. The highest BCUT2D eigenvalue weighted by molar-refractivity contribution is 7.15. The van der Waals surface area contributed by atoms with Crippen LogP contribution in [0.1, 0.15) is 26.5 Å². The van der Waals surface area contributed by atoms with Crippen molar-refractivity contribution in [2.75, 3.05) is 12.4 Å². The molecule has 0 aliphatic heterocycles. The molecule has 0 bridgehead atoms. The lowest BCUT2D eigenvalue weighted by Gasteiger charge is -2.06. The molecule has 0 radical (unpaired) electrons. The molecule has 138 valence electrons. The Labute approximate surface area is 159 Å². The lowest BCUT2D eigenvalue weighted by Crippen LogP contribution is -2.12. The average Bonchev–Trinajstić information content (AvgIpc) is 3.00. The molecule has 0 atom stereocenters. The van der Waals surface area contributed by atoms with E-state index in [-0.39, 0.29) is 11.6 Å². The summed E-state index contributed by atoms with van der Waals surface area (Å²) >= 11 is 1.35. The normalized spacial score (nSPS) is 10.4. The molecule has 7 nitrogen and oxygen atoms in total. The van der Waals surface area contributed by atoms with Crippen LogP contribution in [0.5, 0.6) is 5.75 Å². The second kappa shape index (κ2) is 7.96. The molecule has 0 saturated carbocycles. The molecular formula is C19H17N3O4S. The number of nitrogens with one attached hydrogen (secondary N) is 1. The van der Waals surface area contributed by atoms with Gasteiger partial charge in [0, 0.05) is 23.4 Å². The Morgan fingerprint density at radius 3 is 2.78 bits per heavy atom. The van der Waals surface area contributed by atoms with Crippen LogP contribution >= 0.6 is 11.3 Å². The molecular weight excluding hydrogens is 366 g/mol. The highest BCUT2D eigenvalue weighted by Gasteiger charge is 2.16. The number of benzene rings is 2. The molecule has 27 heavy (non-hydrogen) atoms. The van der Waals surface area contributed by atoms with Gasteiger partial charge < -0.3 is 4.74 Å². The number of para-hydroxylation sites is 1. The van der Waals surface area contributed by atoms with Crippen LogP contribution in [-0.4, -0.2) is 22.9 Å². The van der Waals surface area contributed by atoms with Gasteiger partial charge in [-0.1, -0.05) is 24.3 Å². The van der Waals surface area contributed by atoms with E-state index in [1.807, 2.05) is 13.0 Å². The molecule has 0 spiro atoms. The fraction of sp³-hybridized carbons (Fsp3) is 0.158. The van der Waals surface area contributed by atoms with Crippen molar-refractivity contribution >= 4 is 28.1 Å². The summed E-state index contributed by atoms with van der Waals surface area (Å²) in [4.78, 5) is 28.3. The van der Waals surface area contributed by atoms with Gasteiger partial charge in [0.05, 0.1) is 23.3 Å². The first-order chi connectivity index (χ1) is 13.0. The van der Waals surface area contributed by atoms with Gasteiger partial charge in [0.15, 0.2) is 5.13 Å². The molecule has 8 heteroatoms. The van der Waals surface area contributed by atoms with Gasteiger partial charge in [-0.3, -0.25) is 20.2 Å². The minimum Gasteiger partial charge on any atom is -0.496 e. The van der Waals surface area contributed by atoms with Crippen molar-refractivity contribution in [3.8, 4) is 5.75 Å². The number of nitro groups is 1. The maximum Gasteiger partial charge on any atom is 0.269 e. The highest BCUT2D eigenvalue weighted by atomic mass is 32.1. The fourth-order valence-corrected chi connectivity index (χ4v) is 3.60. The average molecular weight is 383 g/mol. The van der Waals surface area contributed by atoms with Crippen LogP contribution in [0.15, 0.2) is 48.5 Å². The van der Waals surface area contributed by atoms with Crippen molar-refractivity contribution in [2.24, 2.45) is 0 Å². The summed E-state index contributed by atoms with van der Waals surface area (Å²) in [7, 11) is 1.51. The number of anilines is 1. The van der Waals surface area contributed by atoms with E-state index in [2.05, 4.69) is 10.3 Å². The number of non-ortho nitro benzene ring substituents is 1. The van der Waals surface area contributed by atoms with Gasteiger partial charge >= 0.3 is 0 Å². The van der Waals surface area contributed by atoms with Gasteiger partial charge in [0.1, 0.15) is 5.75 Å². The van der Waals surface area contributed by atoms with Gasteiger partial charge in [-0.05, 0) is 24.6 Å². The van der Waals surface area contributed by atoms with Gasteiger partial charge in [-0.25, -0.2) is 4.98 Å². The van der Waals surface area contributed by atoms with E-state index in [0.29, 0.717) is 22.9 Å². The number of nitrogens with zero attached hydrogens (tertiary/aromatic N) is 2. The Hall–Kier alpha value is -3.26. The number of amides is 1. The van der Waals surface area contributed by atoms with Crippen molar-refractivity contribution in [3.05, 3.63) is 80.3 Å². The highest BCUT2D eigenvalue weighted by Crippen LogP contribution is 2.27. The molecule has 2 aromatic carbocycles. The zero-order valence-corrected chi connectivity index (χ0v) is 15.6. The van der Waals surface area contributed by atoms with Crippen molar-refractivity contribution in [1.29, 1.82) is 0 Å². The number of methoxy groups -OCH3 is 1. The Morgan fingerprint density at radius 1 is 1.26 bits per heavy atom. The predicted octanol–water partition coefficient (Wildman–Crippen LogP) is 4.21. The van der Waals surface area contributed by atoms with Crippen LogP contribution in [0.4, 0.5) is 10.8 Å². The van der Waals surface area contributed by atoms with Crippen LogP contribution in [0.2, 0.25) is 0 Å². The molecule has 3 rings (SSSR count). The van der Waals surface area contributed by atoms with Gasteiger partial charge in [0.25, 0.3) is 11.6 Å². The van der Waals surface area contributed by atoms with E-state index in [9.17, 15) is 14.9 Å². The molecule has 0 saturated heterocycles. The van der Waals surface area contributed by atoms with Crippen molar-refractivity contribution in [2.45, 2.75) is 13.3 Å². The minimum absolute atomic E-state index is 0.0550. The summed E-state index contributed by atoms with van der Waals surface area (Å²) in [6, 6.07) is 13.5. The number of hydrogen-bond donors (Lipinski definition) is 1. The van der Waals surface area contributed by atoms with Crippen molar-refractivity contribution in [1.82, 2.24) is 4.98 Å². The molecule has 1 N–H and O–H groups in total. The third kappa shape index (κ3) is 4.29. The summed E-state index contributed by atoms with van der Waals surface area (Å²) in [6.45, 7) is 1.85. The number of aromatic nitrogens is 1. The van der Waals surface area contributed by atoms with E-state index in [4.69, 9.17) is 4.74 Å². The van der Waals surface area contributed by atoms with Crippen LogP contribution < -0.4 is 10.1 Å². The fourth-order valence-electron chi connectivity index (χ4n) is 2.61. The van der Waals surface area contributed by atoms with Crippen LogP contribution in [0.3, 0.4) is 0 Å². The third-order valence-corrected chi connectivity index (χ3v) is 5.02. The van der Waals surface area contributed by atoms with E-state index in [1.165, 1.54) is 24.5 Å². The molecule has 3 aromatic rings. The standard InChI is InChI=1S/C19H17N3O4S/c1-12-17(11-13-6-5-7-14(10-13)22(24)25)27-19(20-12)21-18(23)15-8-3-4-9-16(15)26-2/h3-10H,11H2,1-2H3,(H,20,21,23). The number of rotatable bonds is 6. The molecule has 0 aliphatic carbocycles. The topological polar surface area (TPSA) is 94.4 Å². The van der Waals surface area contributed by atoms with Crippen molar-refractivity contribution < 1.29 is 14.5 Å². The van der Waals surface area contributed by atoms with Gasteiger partial charge in [0.2, 0.25) is 0 Å². The number of aryl methyl sites for hydroxylation is 1. The number of thiazole rings is 1. The molecule has 0 fully saturated rings. The smallest absolute Gasteiger partial charge is 0.269 e. The Bertz CT molecular complexity index is 1000. The minimum atomic E-state index is -0.415. The lowest BCUT2D eigenvalue weighted by atomic mass is 10.1. The van der Waals surface area contributed by atoms with Crippen LogP contribution in [-0.2, 0) is 6.42 Å². The molecule has 1 aromatic heterocycles. The maximum atomic E-state index is 12.5. The van der Waals surface area contributed by atoms with E-state index in [0.717, 1.165) is 16.1 Å². The first kappa shape index (κ1) is 18.5. The van der Waals surface area contributed by atoms with E-state index >= 15 is 0 Å². The Kier molecular flexibility index (Phi) is 5.46. The summed E-state index contributed by atoms with van der Waals surface area (Å²) < 4.78 is 5.21. The Balaban J connectivity index is 1.77. The summed E-state index contributed by atoms with van der Waals surface area (Å²) in [6.07, 6.45) is 0.510. The monoisotopic (exact) mass is 383 g/mol. The molecule has 1 amide bonds. The molecule has 0 aliphatic rings. The second-order valence-corrected chi connectivity index (χ2v) is 6.87. The number of ether oxygens (including phenoxy) is 1. The predicted molar refractivity (Wildman–Crippen MR) is 104 cm³/mol. The summed E-state index contributed by atoms with van der Waals surface area (Å²) in [5.41, 5.74) is 2.08. The van der Waals surface area contributed by atoms with E-state index in [1.54, 1.807) is 36.4 Å². The van der Waals surface area contributed by atoms with Crippen molar-refractivity contribution in [3.63, 3.8) is 0 Å². The van der Waals surface area contributed by atoms with Gasteiger partial charge in [-0.2, -0.15) is 0 Å². The first-order valence-corrected chi connectivity index (χ1v) is 8.93. The van der Waals surface area contributed by atoms with Crippen LogP contribution in [0, 0.1) is 17.0 Å². The molecule has 0 unspecified atom stereocenters. The quantitative estimate of drug-likeness (QED) is 0.508. The largest absolute Gasteiger partial charge is 0.496 e. The number of carbonyl (C=O) groups excluding carboxylic acids is 1. The number of hydrogen-bond acceptors (Lipinski definition) is 6.